The van der Waals surface area contributed by atoms with Crippen LogP contribution in [-0.4, -0.2) is 19.3 Å². The molecule has 4 heteroatoms. The number of nitrogen functional groups attached to an aromatic ring is 1. The lowest BCUT2D eigenvalue weighted by atomic mass is 10.1. The van der Waals surface area contributed by atoms with Crippen LogP contribution in [0.4, 0.5) is 11.4 Å². The molecule has 0 spiro atoms. The van der Waals surface area contributed by atoms with E-state index in [0.29, 0.717) is 6.04 Å². The van der Waals surface area contributed by atoms with Crippen molar-refractivity contribution in [2.75, 3.05) is 24.3 Å². The predicted octanol–water partition coefficient (Wildman–Crippen LogP) is 2.62. The lowest BCUT2D eigenvalue weighted by Gasteiger charge is -2.24. The number of hydrogen-bond acceptors (Lipinski definition) is 3. The van der Waals surface area contributed by atoms with Crippen molar-refractivity contribution in [3.63, 3.8) is 0 Å². The molecule has 1 aromatic rings. The minimum Gasteiger partial charge on any atom is -0.399 e. The number of rotatable bonds is 2. The summed E-state index contributed by atoms with van der Waals surface area (Å²) in [5, 5.41) is 3.45. The largest absolute Gasteiger partial charge is 0.399 e. The molecule has 0 aliphatic carbocycles. The average Bonchev–Trinajstić information content (AvgIpc) is 2.24. The molecule has 2 rings (SSSR count). The first kappa shape index (κ1) is 10.8. The number of anilines is 2. The highest BCUT2D eigenvalue weighted by Gasteiger charge is 2.14. The molecule has 1 unspecified atom stereocenters. The van der Waals surface area contributed by atoms with Gasteiger partial charge in [0.25, 0.3) is 0 Å². The van der Waals surface area contributed by atoms with E-state index in [1.165, 1.54) is 0 Å². The number of hydrogen-bond donors (Lipinski definition) is 2. The Labute approximate surface area is 98.1 Å². The SMILES string of the molecule is Nc1ccc(NC2CCCOC2)c(Br)c1. The van der Waals surface area contributed by atoms with Gasteiger partial charge in [-0.05, 0) is 47.0 Å². The standard InChI is InChI=1S/C11H15BrN2O/c12-10-6-8(13)3-4-11(10)14-9-2-1-5-15-7-9/h3-4,6,9,14H,1-2,5,7,13H2. The molecule has 0 radical (unpaired) electrons. The maximum atomic E-state index is 5.68. The Hall–Kier alpha value is -0.740. The van der Waals surface area contributed by atoms with Gasteiger partial charge in [0.1, 0.15) is 0 Å². The van der Waals surface area contributed by atoms with Crippen molar-refractivity contribution < 1.29 is 4.74 Å². The van der Waals surface area contributed by atoms with Crippen molar-refractivity contribution in [2.45, 2.75) is 18.9 Å². The van der Waals surface area contributed by atoms with Crippen LogP contribution >= 0.6 is 15.9 Å². The topological polar surface area (TPSA) is 47.3 Å². The van der Waals surface area contributed by atoms with E-state index in [0.717, 1.165) is 41.9 Å². The summed E-state index contributed by atoms with van der Waals surface area (Å²) in [6, 6.07) is 6.22. The van der Waals surface area contributed by atoms with Crippen LogP contribution in [0, 0.1) is 0 Å². The Morgan fingerprint density at radius 1 is 1.47 bits per heavy atom. The normalized spacial score (nSPS) is 21.3. The fourth-order valence-electron chi connectivity index (χ4n) is 1.72. The fourth-order valence-corrected chi connectivity index (χ4v) is 2.23. The van der Waals surface area contributed by atoms with Crippen molar-refractivity contribution in [1.82, 2.24) is 0 Å². The smallest absolute Gasteiger partial charge is 0.0667 e. The second-order valence-corrected chi connectivity index (χ2v) is 4.65. The van der Waals surface area contributed by atoms with Crippen molar-refractivity contribution >= 4 is 27.3 Å². The summed E-state index contributed by atoms with van der Waals surface area (Å²) in [5.41, 5.74) is 7.53. The maximum absolute atomic E-state index is 5.68. The van der Waals surface area contributed by atoms with E-state index < -0.39 is 0 Å². The summed E-state index contributed by atoms with van der Waals surface area (Å²) < 4.78 is 6.42. The maximum Gasteiger partial charge on any atom is 0.0667 e. The van der Waals surface area contributed by atoms with Crippen molar-refractivity contribution in [2.24, 2.45) is 0 Å². The van der Waals surface area contributed by atoms with Gasteiger partial charge in [-0.15, -0.1) is 0 Å². The van der Waals surface area contributed by atoms with Crippen LogP contribution < -0.4 is 11.1 Å². The van der Waals surface area contributed by atoms with Gasteiger partial charge in [-0.25, -0.2) is 0 Å². The van der Waals surface area contributed by atoms with E-state index in [-0.39, 0.29) is 0 Å². The Balaban J connectivity index is 2.03. The molecule has 1 aliphatic rings. The van der Waals surface area contributed by atoms with E-state index in [1.54, 1.807) is 0 Å². The number of nitrogens with one attached hydrogen (secondary N) is 1. The monoisotopic (exact) mass is 270 g/mol. The van der Waals surface area contributed by atoms with E-state index >= 15 is 0 Å². The lowest BCUT2D eigenvalue weighted by Crippen LogP contribution is -2.30. The third-order valence-corrected chi connectivity index (χ3v) is 3.17. The highest BCUT2D eigenvalue weighted by molar-refractivity contribution is 9.10. The average molecular weight is 271 g/mol. The van der Waals surface area contributed by atoms with E-state index in [2.05, 4.69) is 21.2 Å². The van der Waals surface area contributed by atoms with Crippen molar-refractivity contribution in [3.8, 4) is 0 Å². The molecule has 0 bridgehead atoms. The molecule has 1 saturated heterocycles. The number of nitrogens with two attached hydrogens (primary N) is 1. The Bertz CT molecular complexity index is 337. The van der Waals surface area contributed by atoms with Gasteiger partial charge in [0.15, 0.2) is 0 Å². The molecule has 1 atom stereocenters. The van der Waals surface area contributed by atoms with Crippen LogP contribution in [0.1, 0.15) is 12.8 Å². The first-order chi connectivity index (χ1) is 7.25. The number of benzene rings is 1. The van der Waals surface area contributed by atoms with Crippen LogP contribution in [0.3, 0.4) is 0 Å². The summed E-state index contributed by atoms with van der Waals surface area (Å²) in [5.74, 6) is 0. The van der Waals surface area contributed by atoms with Gasteiger partial charge in [-0.2, -0.15) is 0 Å². The molecule has 3 N–H and O–H groups in total. The number of ether oxygens (including phenoxy) is 1. The van der Waals surface area contributed by atoms with Crippen LogP contribution in [-0.2, 0) is 4.74 Å². The summed E-state index contributed by atoms with van der Waals surface area (Å²) in [6.45, 7) is 1.68. The minimum atomic E-state index is 0.415. The van der Waals surface area contributed by atoms with Gasteiger partial charge in [-0.1, -0.05) is 0 Å². The second kappa shape index (κ2) is 4.86. The van der Waals surface area contributed by atoms with Gasteiger partial charge >= 0.3 is 0 Å². The predicted molar refractivity (Wildman–Crippen MR) is 66.0 cm³/mol. The molecule has 15 heavy (non-hydrogen) atoms. The van der Waals surface area contributed by atoms with Crippen LogP contribution in [0.2, 0.25) is 0 Å². The lowest BCUT2D eigenvalue weighted by molar-refractivity contribution is 0.0876. The minimum absolute atomic E-state index is 0.415. The van der Waals surface area contributed by atoms with Crippen molar-refractivity contribution in [3.05, 3.63) is 22.7 Å². The van der Waals surface area contributed by atoms with Gasteiger partial charge < -0.3 is 15.8 Å². The second-order valence-electron chi connectivity index (χ2n) is 3.80. The molecule has 1 aromatic carbocycles. The number of halogens is 1. The molecule has 82 valence electrons. The zero-order valence-electron chi connectivity index (χ0n) is 8.50. The Morgan fingerprint density at radius 2 is 2.33 bits per heavy atom. The summed E-state index contributed by atoms with van der Waals surface area (Å²) in [4.78, 5) is 0. The summed E-state index contributed by atoms with van der Waals surface area (Å²) in [6.07, 6.45) is 2.29. The van der Waals surface area contributed by atoms with E-state index in [1.807, 2.05) is 18.2 Å². The van der Waals surface area contributed by atoms with Crippen molar-refractivity contribution in [1.29, 1.82) is 0 Å². The fraction of sp³-hybridized carbons (Fsp3) is 0.455. The molecule has 1 fully saturated rings. The molecule has 1 aliphatic heterocycles. The van der Waals surface area contributed by atoms with Gasteiger partial charge in [-0.3, -0.25) is 0 Å². The van der Waals surface area contributed by atoms with Gasteiger partial charge in [0.2, 0.25) is 0 Å². The third-order valence-electron chi connectivity index (χ3n) is 2.51. The van der Waals surface area contributed by atoms with Crippen LogP contribution in [0.15, 0.2) is 22.7 Å². The molecule has 0 saturated carbocycles. The highest BCUT2D eigenvalue weighted by Crippen LogP contribution is 2.26. The Morgan fingerprint density at radius 3 is 3.00 bits per heavy atom. The van der Waals surface area contributed by atoms with Crippen LogP contribution in [0.25, 0.3) is 0 Å². The van der Waals surface area contributed by atoms with Gasteiger partial charge in [0.05, 0.1) is 6.61 Å². The van der Waals surface area contributed by atoms with E-state index in [4.69, 9.17) is 10.5 Å². The van der Waals surface area contributed by atoms with Crippen LogP contribution in [0.5, 0.6) is 0 Å². The third kappa shape index (κ3) is 2.86. The first-order valence-corrected chi connectivity index (χ1v) is 5.94. The Kier molecular flexibility index (Phi) is 3.49. The molecular formula is C11H15BrN2O. The zero-order valence-corrected chi connectivity index (χ0v) is 10.1. The first-order valence-electron chi connectivity index (χ1n) is 5.15. The summed E-state index contributed by atoms with van der Waals surface area (Å²) in [7, 11) is 0. The molecule has 0 aromatic heterocycles. The molecule has 3 nitrogen and oxygen atoms in total. The van der Waals surface area contributed by atoms with Gasteiger partial charge in [0, 0.05) is 28.5 Å². The van der Waals surface area contributed by atoms with E-state index in [9.17, 15) is 0 Å². The molecule has 0 amide bonds. The summed E-state index contributed by atoms with van der Waals surface area (Å²) >= 11 is 3.49. The zero-order chi connectivity index (χ0) is 10.7. The molecule has 1 heterocycles. The highest BCUT2D eigenvalue weighted by atomic mass is 79.9. The quantitative estimate of drug-likeness (QED) is 0.813. The molecular weight excluding hydrogens is 256 g/mol.